The predicted molar refractivity (Wildman–Crippen MR) is 244 cm³/mol. The summed E-state index contributed by atoms with van der Waals surface area (Å²) in [6.45, 7) is -1.32. The molecule has 0 amide bonds. The smallest absolute Gasteiger partial charge is 0.344 e. The molecule has 30 heteroatoms. The first-order valence-electron chi connectivity index (χ1n) is 21.3. The van der Waals surface area contributed by atoms with Crippen LogP contribution in [0.2, 0.25) is 0 Å². The van der Waals surface area contributed by atoms with Gasteiger partial charge in [-0.2, -0.15) is 0 Å². The van der Waals surface area contributed by atoms with Gasteiger partial charge in [0.15, 0.2) is 110 Å². The molecular weight excluding hydrogens is 1060 g/mol. The predicted octanol–water partition coefficient (Wildman–Crippen LogP) is 2.32. The molecule has 0 radical (unpaired) electrons. The quantitative estimate of drug-likeness (QED) is 0.0341. The molecule has 1 aliphatic heterocycles. The second-order valence-electron chi connectivity index (χ2n) is 16.2. The number of phenols is 17. The van der Waals surface area contributed by atoms with Gasteiger partial charge in [0.1, 0.15) is 12.7 Å². The van der Waals surface area contributed by atoms with Crippen LogP contribution in [0.1, 0.15) is 62.1 Å². The van der Waals surface area contributed by atoms with E-state index in [9.17, 15) is 116 Å². The van der Waals surface area contributed by atoms with Gasteiger partial charge in [-0.05, 0) is 72.8 Å². The highest BCUT2D eigenvalue weighted by Gasteiger charge is 2.55. The fourth-order valence-corrected chi connectivity index (χ4v) is 7.08. The van der Waals surface area contributed by atoms with Gasteiger partial charge in [0.25, 0.3) is 0 Å². The molecule has 1 aliphatic rings. The number of aromatic hydroxyl groups is 17. The van der Waals surface area contributed by atoms with Crippen LogP contribution in [0.5, 0.6) is 103 Å². The van der Waals surface area contributed by atoms with E-state index in [1.807, 2.05) is 0 Å². The van der Waals surface area contributed by atoms with E-state index in [-0.39, 0.29) is 0 Å². The molecule has 7 rings (SSSR count). The van der Waals surface area contributed by atoms with Gasteiger partial charge in [-0.3, -0.25) is 0 Å². The Bertz CT molecular complexity index is 3320. The minimum absolute atomic E-state index is 0.453. The van der Waals surface area contributed by atoms with E-state index in [2.05, 4.69) is 0 Å². The zero-order valence-corrected chi connectivity index (χ0v) is 38.4. The van der Waals surface area contributed by atoms with Gasteiger partial charge in [-0.25, -0.2) is 28.8 Å². The summed E-state index contributed by atoms with van der Waals surface area (Å²) in [5, 5.41) is 172. The summed E-state index contributed by atoms with van der Waals surface area (Å²) in [6.07, 6.45) is -12.7. The normalized spacial score (nSPS) is 16.7. The van der Waals surface area contributed by atoms with E-state index >= 15 is 0 Å². The highest BCUT2D eigenvalue weighted by Crippen LogP contribution is 2.43. The number of esters is 6. The summed E-state index contributed by atoms with van der Waals surface area (Å²) in [6, 6.07) is 6.38. The Hall–Kier alpha value is -11.3. The molecule has 30 nitrogen and oxygen atoms in total. The van der Waals surface area contributed by atoms with Gasteiger partial charge in [0.05, 0.1) is 33.4 Å². The van der Waals surface area contributed by atoms with Crippen LogP contribution in [-0.4, -0.2) is 160 Å². The van der Waals surface area contributed by atoms with Crippen LogP contribution in [0.3, 0.4) is 0 Å². The van der Waals surface area contributed by atoms with Crippen LogP contribution in [0.25, 0.3) is 0 Å². The molecular formula is C48H36O30. The molecule has 5 unspecified atom stereocenters. The maximum absolute atomic E-state index is 14.3. The molecule has 0 aliphatic carbocycles. The number of benzene rings is 6. The number of carbonyl (C=O) groups is 6. The fourth-order valence-electron chi connectivity index (χ4n) is 7.08. The van der Waals surface area contributed by atoms with E-state index in [0.29, 0.717) is 72.8 Å². The van der Waals surface area contributed by atoms with Crippen molar-refractivity contribution in [2.75, 3.05) is 6.61 Å². The molecule has 5 atom stereocenters. The van der Waals surface area contributed by atoms with E-state index in [1.165, 1.54) is 0 Å². The van der Waals surface area contributed by atoms with Crippen molar-refractivity contribution in [3.8, 4) is 103 Å². The van der Waals surface area contributed by atoms with Crippen LogP contribution in [0, 0.1) is 0 Å². The lowest BCUT2D eigenvalue weighted by molar-refractivity contribution is -0.282. The average Bonchev–Trinajstić information content (AvgIpc) is 3.39. The van der Waals surface area contributed by atoms with E-state index in [4.69, 9.17) is 33.2 Å². The summed E-state index contributed by atoms with van der Waals surface area (Å²) in [4.78, 5) is 82.5. The third kappa shape index (κ3) is 11.1. The Morgan fingerprint density at radius 1 is 0.321 bits per heavy atom. The molecule has 0 bridgehead atoms. The fraction of sp³-hybridized carbons (Fsp3) is 0.125. The largest absolute Gasteiger partial charge is 0.504 e. The van der Waals surface area contributed by atoms with Crippen LogP contribution >= 0.6 is 0 Å². The Balaban J connectivity index is 1.36. The molecule has 1 heterocycles. The Kier molecular flexibility index (Phi) is 14.9. The van der Waals surface area contributed by atoms with Crippen molar-refractivity contribution in [1.29, 1.82) is 0 Å². The zero-order chi connectivity index (χ0) is 57.3. The maximum atomic E-state index is 14.3. The third-order valence-electron chi connectivity index (χ3n) is 10.9. The number of phenolic OH excluding ortho intramolecular Hbond substituents is 17. The molecule has 1 fully saturated rings. The average molecular weight is 1090 g/mol. The summed E-state index contributed by atoms with van der Waals surface area (Å²) in [7, 11) is 0. The molecule has 0 aromatic heterocycles. The van der Waals surface area contributed by atoms with Crippen molar-refractivity contribution in [3.05, 3.63) is 106 Å². The molecule has 1 saturated heterocycles. The first-order chi connectivity index (χ1) is 36.6. The second-order valence-corrected chi connectivity index (χ2v) is 16.2. The van der Waals surface area contributed by atoms with Gasteiger partial charge in [0.2, 0.25) is 18.1 Å². The van der Waals surface area contributed by atoms with Crippen LogP contribution < -0.4 is 4.74 Å². The van der Waals surface area contributed by atoms with Crippen molar-refractivity contribution < 1.29 is 149 Å². The standard InChI is InChI=1S/C48H36O30/c49-20-1-14(2-21(50)33(20)61)42(66)72-13-32-39(75-44(68)16-5-24(53)35(63)25(54)6-16)40(76-45(69)17-7-26(55)36(64)27(56)8-17)41(48(73-32)78-47(71)18-9-28(57)37(65)29(58)10-18)77-46(70)19-11-30(59)38(31(60)12-19)74-43(67)15-3-22(51)34(62)23(52)4-15/h1-12,32,39-41,48-65H,13H2. The van der Waals surface area contributed by atoms with Gasteiger partial charge >= 0.3 is 35.8 Å². The molecule has 408 valence electrons. The number of ether oxygens (including phenoxy) is 7. The first-order valence-corrected chi connectivity index (χ1v) is 21.3. The van der Waals surface area contributed by atoms with Crippen LogP contribution in [0.15, 0.2) is 72.8 Å². The van der Waals surface area contributed by atoms with Crippen molar-refractivity contribution in [2.24, 2.45) is 0 Å². The monoisotopic (exact) mass is 1090 g/mol. The zero-order valence-electron chi connectivity index (χ0n) is 38.4. The Labute approximate surface area is 430 Å². The van der Waals surface area contributed by atoms with Gasteiger partial charge < -0.3 is 120 Å². The lowest BCUT2D eigenvalue weighted by Gasteiger charge is -2.43. The van der Waals surface area contributed by atoms with E-state index in [0.717, 1.165) is 0 Å². The maximum Gasteiger partial charge on any atom is 0.344 e. The summed E-state index contributed by atoms with van der Waals surface area (Å²) < 4.78 is 38.4. The summed E-state index contributed by atoms with van der Waals surface area (Å²) >= 11 is 0. The van der Waals surface area contributed by atoms with E-state index in [1.54, 1.807) is 0 Å². The molecule has 17 N–H and O–H groups in total. The van der Waals surface area contributed by atoms with Crippen molar-refractivity contribution in [1.82, 2.24) is 0 Å². The Morgan fingerprint density at radius 3 is 0.910 bits per heavy atom. The topological polar surface area (TPSA) is 511 Å². The molecule has 6 aromatic rings. The molecule has 78 heavy (non-hydrogen) atoms. The second kappa shape index (κ2) is 21.3. The van der Waals surface area contributed by atoms with Crippen LogP contribution in [-0.2, 0) is 28.4 Å². The van der Waals surface area contributed by atoms with Gasteiger partial charge in [-0.15, -0.1) is 0 Å². The van der Waals surface area contributed by atoms with Crippen molar-refractivity contribution >= 4 is 35.8 Å². The van der Waals surface area contributed by atoms with Gasteiger partial charge in [-0.1, -0.05) is 0 Å². The van der Waals surface area contributed by atoms with E-state index < -0.39 is 210 Å². The first kappa shape index (κ1) is 54.5. The highest BCUT2D eigenvalue weighted by atomic mass is 16.7. The number of carbonyl (C=O) groups excluding carboxylic acids is 6. The Morgan fingerprint density at radius 2 is 0.577 bits per heavy atom. The van der Waals surface area contributed by atoms with Gasteiger partial charge in [0, 0.05) is 0 Å². The van der Waals surface area contributed by atoms with Crippen molar-refractivity contribution in [3.63, 3.8) is 0 Å². The van der Waals surface area contributed by atoms with Crippen LogP contribution in [0.4, 0.5) is 0 Å². The minimum Gasteiger partial charge on any atom is -0.504 e. The minimum atomic E-state index is -2.67. The summed E-state index contributed by atoms with van der Waals surface area (Å²) in [5.41, 5.74) is -4.89. The number of rotatable bonds is 13. The molecule has 0 saturated carbocycles. The van der Waals surface area contributed by atoms with Crippen molar-refractivity contribution in [2.45, 2.75) is 30.7 Å². The lowest BCUT2D eigenvalue weighted by atomic mass is 9.97. The summed E-state index contributed by atoms with van der Waals surface area (Å²) in [5.74, 6) is -30.1. The number of hydrogen-bond donors (Lipinski definition) is 17. The molecule has 0 spiro atoms. The molecule has 6 aromatic carbocycles. The SMILES string of the molecule is O=C(OCC1OC(OC(=O)c2cc(O)c(O)c(O)c2)C(OC(=O)c2cc(O)c(OC(=O)c3cc(O)c(O)c(O)c3)c(O)c2)C(OC(=O)c2cc(O)c(O)c(O)c2)C1OC(=O)c1cc(O)c(O)c(O)c1)c1cc(O)c(O)c(O)c1. The highest BCUT2D eigenvalue weighted by molar-refractivity contribution is 5.96. The third-order valence-corrected chi connectivity index (χ3v) is 10.9. The number of hydrogen-bond acceptors (Lipinski definition) is 30. The lowest BCUT2D eigenvalue weighted by Crippen LogP contribution is -2.63.